The van der Waals surface area contributed by atoms with Crippen LogP contribution in [0.5, 0.6) is 5.75 Å². The lowest BCUT2D eigenvalue weighted by Gasteiger charge is -2.44. The van der Waals surface area contributed by atoms with Gasteiger partial charge in [0, 0.05) is 18.3 Å². The van der Waals surface area contributed by atoms with E-state index in [0.717, 1.165) is 23.4 Å². The first-order valence-electron chi connectivity index (χ1n) is 8.80. The molecule has 1 heterocycles. The fourth-order valence-corrected chi connectivity index (χ4v) is 3.08. The van der Waals surface area contributed by atoms with Gasteiger partial charge in [0.1, 0.15) is 11.4 Å². The van der Waals surface area contributed by atoms with E-state index < -0.39 is 5.66 Å². The van der Waals surface area contributed by atoms with Crippen molar-refractivity contribution in [3.63, 3.8) is 0 Å². The summed E-state index contributed by atoms with van der Waals surface area (Å²) in [5.74, 6) is 1.46. The summed E-state index contributed by atoms with van der Waals surface area (Å²) in [4.78, 5) is 14.5. The minimum atomic E-state index is -0.622. The van der Waals surface area contributed by atoms with Crippen molar-refractivity contribution in [2.45, 2.75) is 32.9 Å². The van der Waals surface area contributed by atoms with E-state index in [-0.39, 0.29) is 5.91 Å². The molecule has 0 bridgehead atoms. The van der Waals surface area contributed by atoms with Crippen molar-refractivity contribution in [2.24, 2.45) is 5.92 Å². The lowest BCUT2D eigenvalue weighted by Crippen LogP contribution is -2.53. The molecule has 2 aromatic carbocycles. The molecule has 2 aromatic rings. The van der Waals surface area contributed by atoms with Crippen LogP contribution in [0.4, 0.5) is 5.69 Å². The summed E-state index contributed by atoms with van der Waals surface area (Å²) in [5, 5.41) is 3.52. The number of fused-ring (bicyclic) bond motifs is 1. The van der Waals surface area contributed by atoms with Crippen LogP contribution in [0.15, 0.2) is 48.5 Å². The maximum atomic E-state index is 12.8. The monoisotopic (exact) mass is 338 g/mol. The summed E-state index contributed by atoms with van der Waals surface area (Å²) in [5.41, 5.74) is 1.94. The van der Waals surface area contributed by atoms with Crippen LogP contribution in [0, 0.1) is 5.92 Å². The number of hydrogen-bond donors (Lipinski definition) is 1. The molecule has 3 rings (SSSR count). The third kappa shape index (κ3) is 3.34. The molecule has 1 aliphatic heterocycles. The van der Waals surface area contributed by atoms with E-state index in [1.54, 1.807) is 4.90 Å². The third-order valence-corrected chi connectivity index (χ3v) is 4.87. The quantitative estimate of drug-likeness (QED) is 0.874. The highest BCUT2D eigenvalue weighted by atomic mass is 16.5. The van der Waals surface area contributed by atoms with Gasteiger partial charge in [-0.05, 0) is 43.5 Å². The molecule has 0 saturated carbocycles. The number of carbonyl (C=O) groups is 1. The Morgan fingerprint density at radius 1 is 1.16 bits per heavy atom. The number of nitrogens with zero attached hydrogens (tertiary/aromatic N) is 1. The predicted octanol–water partition coefficient (Wildman–Crippen LogP) is 4.48. The summed E-state index contributed by atoms with van der Waals surface area (Å²) in [7, 11) is 1.83. The van der Waals surface area contributed by atoms with Gasteiger partial charge in [0.2, 0.25) is 0 Å². The van der Waals surface area contributed by atoms with E-state index in [0.29, 0.717) is 18.1 Å². The Kier molecular flexibility index (Phi) is 4.71. The Balaban J connectivity index is 1.89. The lowest BCUT2D eigenvalue weighted by molar-refractivity contribution is 0.0615. The number of amides is 1. The maximum absolute atomic E-state index is 12.8. The number of ether oxygens (including phenoxy) is 1. The molecular weight excluding hydrogens is 312 g/mol. The van der Waals surface area contributed by atoms with Crippen molar-refractivity contribution in [1.82, 2.24) is 4.90 Å². The topological polar surface area (TPSA) is 41.6 Å². The van der Waals surface area contributed by atoms with Crippen molar-refractivity contribution in [3.8, 4) is 5.75 Å². The van der Waals surface area contributed by atoms with Gasteiger partial charge in [-0.15, -0.1) is 0 Å². The predicted molar refractivity (Wildman–Crippen MR) is 101 cm³/mol. The van der Waals surface area contributed by atoms with Crippen LogP contribution < -0.4 is 10.1 Å². The fourth-order valence-electron chi connectivity index (χ4n) is 3.08. The molecule has 1 N–H and O–H groups in total. The first-order chi connectivity index (χ1) is 11.9. The molecule has 1 amide bonds. The number of hydrogen-bond acceptors (Lipinski definition) is 3. The minimum Gasteiger partial charge on any atom is -0.494 e. The van der Waals surface area contributed by atoms with Crippen LogP contribution in [0.2, 0.25) is 0 Å². The van der Waals surface area contributed by atoms with Crippen LogP contribution in [-0.2, 0) is 5.66 Å². The maximum Gasteiger partial charge on any atom is 0.257 e. The zero-order valence-corrected chi connectivity index (χ0v) is 15.4. The van der Waals surface area contributed by atoms with Crippen LogP contribution in [0.25, 0.3) is 0 Å². The van der Waals surface area contributed by atoms with Crippen molar-refractivity contribution in [2.75, 3.05) is 19.0 Å². The molecule has 4 heteroatoms. The highest BCUT2D eigenvalue weighted by molar-refractivity contribution is 6.02. The van der Waals surface area contributed by atoms with Gasteiger partial charge in [-0.3, -0.25) is 4.79 Å². The van der Waals surface area contributed by atoms with Gasteiger partial charge in [0.05, 0.1) is 12.2 Å². The Morgan fingerprint density at radius 2 is 1.92 bits per heavy atom. The zero-order valence-electron chi connectivity index (χ0n) is 15.4. The molecule has 0 saturated heterocycles. The van der Waals surface area contributed by atoms with E-state index in [1.807, 2.05) is 62.5 Å². The summed E-state index contributed by atoms with van der Waals surface area (Å²) in [6.07, 6.45) is 1.02. The molecule has 0 fully saturated rings. The van der Waals surface area contributed by atoms with Gasteiger partial charge in [-0.1, -0.05) is 38.1 Å². The van der Waals surface area contributed by atoms with Gasteiger partial charge in [-0.2, -0.15) is 0 Å². The van der Waals surface area contributed by atoms with Crippen molar-refractivity contribution in [1.29, 1.82) is 0 Å². The van der Waals surface area contributed by atoms with Gasteiger partial charge < -0.3 is 15.0 Å². The molecule has 0 aromatic heterocycles. The first-order valence-corrected chi connectivity index (χ1v) is 8.80. The van der Waals surface area contributed by atoms with Crippen LogP contribution in [0.1, 0.15) is 43.1 Å². The van der Waals surface area contributed by atoms with Gasteiger partial charge in [-0.25, -0.2) is 0 Å². The van der Waals surface area contributed by atoms with Crippen molar-refractivity contribution in [3.05, 3.63) is 59.7 Å². The Morgan fingerprint density at radius 3 is 2.68 bits per heavy atom. The molecular formula is C21H26N2O2. The normalized spacial score (nSPS) is 19.6. The number of rotatable bonds is 5. The standard InChI is InChI=1S/C21H26N2O2/c1-15(2)12-13-25-17-9-7-8-16(14-17)21(3)22-19-11-6-5-10-18(19)20(24)23(21)4/h5-11,14-15,22H,12-13H2,1-4H3. The number of benzene rings is 2. The molecule has 0 spiro atoms. The Hall–Kier alpha value is -2.49. The molecule has 25 heavy (non-hydrogen) atoms. The molecule has 132 valence electrons. The molecule has 1 unspecified atom stereocenters. The van der Waals surface area contributed by atoms with Gasteiger partial charge in [0.25, 0.3) is 5.91 Å². The molecule has 0 aliphatic carbocycles. The molecule has 1 aliphatic rings. The molecule has 0 radical (unpaired) electrons. The third-order valence-electron chi connectivity index (χ3n) is 4.87. The summed E-state index contributed by atoms with van der Waals surface area (Å²) in [6.45, 7) is 7.09. The lowest BCUT2D eigenvalue weighted by atomic mass is 9.94. The molecule has 4 nitrogen and oxygen atoms in total. The van der Waals surface area contributed by atoms with Crippen LogP contribution in [-0.4, -0.2) is 24.5 Å². The average molecular weight is 338 g/mol. The van der Waals surface area contributed by atoms with Crippen molar-refractivity contribution >= 4 is 11.6 Å². The van der Waals surface area contributed by atoms with Crippen LogP contribution >= 0.6 is 0 Å². The molecule has 1 atom stereocenters. The van der Waals surface area contributed by atoms with Gasteiger partial charge in [0.15, 0.2) is 0 Å². The fraction of sp³-hybridized carbons (Fsp3) is 0.381. The minimum absolute atomic E-state index is 0.0166. The summed E-state index contributed by atoms with van der Waals surface area (Å²) in [6, 6.07) is 15.6. The van der Waals surface area contributed by atoms with E-state index in [2.05, 4.69) is 19.2 Å². The second kappa shape index (κ2) is 6.79. The van der Waals surface area contributed by atoms with E-state index in [1.165, 1.54) is 0 Å². The average Bonchev–Trinajstić information content (AvgIpc) is 2.60. The van der Waals surface area contributed by atoms with E-state index >= 15 is 0 Å². The van der Waals surface area contributed by atoms with Crippen LogP contribution in [0.3, 0.4) is 0 Å². The SMILES string of the molecule is CC(C)CCOc1cccc(C2(C)Nc3ccccc3C(=O)N2C)c1. The number of carbonyl (C=O) groups excluding carboxylic acids is 1. The second-order valence-corrected chi connectivity index (χ2v) is 7.17. The van der Waals surface area contributed by atoms with E-state index in [9.17, 15) is 4.79 Å². The van der Waals surface area contributed by atoms with Gasteiger partial charge >= 0.3 is 0 Å². The highest BCUT2D eigenvalue weighted by Gasteiger charge is 2.40. The smallest absolute Gasteiger partial charge is 0.257 e. The highest BCUT2D eigenvalue weighted by Crippen LogP contribution is 2.37. The Bertz CT molecular complexity index is 772. The number of anilines is 1. The largest absolute Gasteiger partial charge is 0.494 e. The number of para-hydroxylation sites is 1. The summed E-state index contributed by atoms with van der Waals surface area (Å²) >= 11 is 0. The van der Waals surface area contributed by atoms with E-state index in [4.69, 9.17) is 4.74 Å². The van der Waals surface area contributed by atoms with Crippen molar-refractivity contribution < 1.29 is 9.53 Å². The zero-order chi connectivity index (χ0) is 18.0. The summed E-state index contributed by atoms with van der Waals surface area (Å²) < 4.78 is 5.89. The Labute approximate surface area is 149 Å². The number of nitrogens with one attached hydrogen (secondary N) is 1. The second-order valence-electron chi connectivity index (χ2n) is 7.17. The first kappa shape index (κ1) is 17.3.